The summed E-state index contributed by atoms with van der Waals surface area (Å²) in [6, 6.07) is 11.7. The number of nitrogens with one attached hydrogen (secondary N) is 1. The molecule has 156 valence electrons. The Bertz CT molecular complexity index is 1070. The van der Waals surface area contributed by atoms with Gasteiger partial charge in [0, 0.05) is 0 Å². The van der Waals surface area contributed by atoms with Crippen LogP contribution in [0.3, 0.4) is 0 Å². The molecule has 0 saturated carbocycles. The molecule has 0 radical (unpaired) electrons. The third kappa shape index (κ3) is 5.24. The van der Waals surface area contributed by atoms with Crippen molar-refractivity contribution in [2.24, 2.45) is 0 Å². The van der Waals surface area contributed by atoms with Gasteiger partial charge in [-0.15, -0.1) is 11.3 Å². The molecule has 1 atom stereocenters. The van der Waals surface area contributed by atoms with Crippen LogP contribution in [0.2, 0.25) is 0 Å². The quantitative estimate of drug-likeness (QED) is 0.239. The first-order valence-electron chi connectivity index (χ1n) is 8.68. The summed E-state index contributed by atoms with van der Waals surface area (Å²) >= 11 is 2.68. The fraction of sp³-hybridized carbons (Fsp3) is 0.211. The lowest BCUT2D eigenvalue weighted by Gasteiger charge is -2.13. The van der Waals surface area contributed by atoms with E-state index in [1.54, 1.807) is 0 Å². The third-order valence-corrected chi connectivity index (χ3v) is 6.08. The summed E-state index contributed by atoms with van der Waals surface area (Å²) in [5.74, 6) is -1.00. The normalized spacial score (nSPS) is 11.7. The summed E-state index contributed by atoms with van der Waals surface area (Å²) in [5, 5.41) is 13.6. The lowest BCUT2D eigenvalue weighted by molar-refractivity contribution is -0.384. The van der Waals surface area contributed by atoms with Crippen molar-refractivity contribution in [3.8, 4) is 5.75 Å². The number of ether oxygens (including phenoxy) is 2. The molecule has 1 amide bonds. The summed E-state index contributed by atoms with van der Waals surface area (Å²) in [5.41, 5.74) is 0.511. The standard InChI is InChI=1S/C19H17N3O6S2/c1-11(18(24)20-13-8-7-12(27-2)9-15(13)22(25)26)28-17(23)10-29-19-21-14-5-3-4-6-16(14)30-19/h3-9,11H,10H2,1-2H3,(H,20,24). The van der Waals surface area contributed by atoms with Crippen LogP contribution in [0.4, 0.5) is 11.4 Å². The molecule has 1 N–H and O–H groups in total. The van der Waals surface area contributed by atoms with Gasteiger partial charge in [0.1, 0.15) is 11.4 Å². The summed E-state index contributed by atoms with van der Waals surface area (Å²) in [7, 11) is 1.38. The van der Waals surface area contributed by atoms with Gasteiger partial charge in [0.25, 0.3) is 11.6 Å². The molecule has 1 unspecified atom stereocenters. The molecule has 0 saturated heterocycles. The maximum atomic E-state index is 12.3. The molecule has 0 aliphatic heterocycles. The van der Waals surface area contributed by atoms with Crippen LogP contribution < -0.4 is 10.1 Å². The molecular weight excluding hydrogens is 430 g/mol. The number of benzene rings is 2. The molecule has 11 heteroatoms. The molecule has 0 fully saturated rings. The van der Waals surface area contributed by atoms with Crippen LogP contribution in [0, 0.1) is 10.1 Å². The van der Waals surface area contributed by atoms with Crippen LogP contribution in [0.25, 0.3) is 10.2 Å². The van der Waals surface area contributed by atoms with Gasteiger partial charge >= 0.3 is 5.97 Å². The molecule has 30 heavy (non-hydrogen) atoms. The topological polar surface area (TPSA) is 121 Å². The van der Waals surface area contributed by atoms with Crippen molar-refractivity contribution in [3.05, 3.63) is 52.6 Å². The molecule has 0 spiro atoms. The number of amides is 1. The average molecular weight is 447 g/mol. The van der Waals surface area contributed by atoms with Crippen LogP contribution in [-0.4, -0.2) is 40.8 Å². The smallest absolute Gasteiger partial charge is 0.317 e. The van der Waals surface area contributed by atoms with E-state index in [4.69, 9.17) is 9.47 Å². The van der Waals surface area contributed by atoms with Crippen molar-refractivity contribution in [1.29, 1.82) is 0 Å². The number of nitro groups is 1. The largest absolute Gasteiger partial charge is 0.496 e. The first kappa shape index (κ1) is 21.5. The molecule has 0 bridgehead atoms. The lowest BCUT2D eigenvalue weighted by atomic mass is 10.2. The number of carbonyl (C=O) groups excluding carboxylic acids is 2. The number of fused-ring (bicyclic) bond motifs is 1. The highest BCUT2D eigenvalue weighted by molar-refractivity contribution is 8.01. The van der Waals surface area contributed by atoms with Gasteiger partial charge in [-0.05, 0) is 31.2 Å². The van der Waals surface area contributed by atoms with E-state index in [2.05, 4.69) is 10.3 Å². The number of hydrogen-bond donors (Lipinski definition) is 1. The van der Waals surface area contributed by atoms with Gasteiger partial charge in [0.05, 0.1) is 34.1 Å². The summed E-state index contributed by atoms with van der Waals surface area (Å²) in [6.45, 7) is 1.39. The van der Waals surface area contributed by atoms with Gasteiger partial charge in [0.2, 0.25) is 0 Å². The molecule has 1 aromatic heterocycles. The number of nitro benzene ring substituents is 1. The minimum absolute atomic E-state index is 0.0138. The van der Waals surface area contributed by atoms with Crippen molar-refractivity contribution in [3.63, 3.8) is 0 Å². The summed E-state index contributed by atoms with van der Waals surface area (Å²) < 4.78 is 11.8. The Hall–Kier alpha value is -3.18. The number of thiazole rings is 1. The number of anilines is 1. The van der Waals surface area contributed by atoms with Crippen LogP contribution in [0.5, 0.6) is 5.75 Å². The molecule has 3 aromatic rings. The number of methoxy groups -OCH3 is 1. The predicted molar refractivity (Wildman–Crippen MR) is 114 cm³/mol. The van der Waals surface area contributed by atoms with Crippen molar-refractivity contribution in [2.75, 3.05) is 18.2 Å². The van der Waals surface area contributed by atoms with Crippen LogP contribution >= 0.6 is 23.1 Å². The number of rotatable bonds is 8. The number of nitrogens with zero attached hydrogens (tertiary/aromatic N) is 2. The minimum atomic E-state index is -1.13. The highest BCUT2D eigenvalue weighted by Crippen LogP contribution is 2.30. The Kier molecular flexibility index (Phi) is 6.85. The number of carbonyl (C=O) groups is 2. The van der Waals surface area contributed by atoms with Gasteiger partial charge < -0.3 is 14.8 Å². The molecule has 2 aromatic carbocycles. The molecule has 1 heterocycles. The Morgan fingerprint density at radius 3 is 2.77 bits per heavy atom. The molecule has 0 aliphatic carbocycles. The summed E-state index contributed by atoms with van der Waals surface area (Å²) in [6.07, 6.45) is -1.13. The van der Waals surface area contributed by atoms with Gasteiger partial charge in [0.15, 0.2) is 10.4 Å². The third-order valence-electron chi connectivity index (χ3n) is 3.92. The zero-order chi connectivity index (χ0) is 21.7. The lowest BCUT2D eigenvalue weighted by Crippen LogP contribution is -2.30. The predicted octanol–water partition coefficient (Wildman–Crippen LogP) is 3.88. The highest BCUT2D eigenvalue weighted by Gasteiger charge is 2.23. The van der Waals surface area contributed by atoms with E-state index in [1.807, 2.05) is 24.3 Å². The van der Waals surface area contributed by atoms with E-state index in [9.17, 15) is 19.7 Å². The molecule has 0 aliphatic rings. The second-order valence-electron chi connectivity index (χ2n) is 6.00. The summed E-state index contributed by atoms with van der Waals surface area (Å²) in [4.78, 5) is 39.4. The molecule has 9 nitrogen and oxygen atoms in total. The maximum absolute atomic E-state index is 12.3. The van der Waals surface area contributed by atoms with E-state index in [-0.39, 0.29) is 22.9 Å². The second kappa shape index (κ2) is 9.55. The average Bonchev–Trinajstić information content (AvgIpc) is 3.15. The first-order chi connectivity index (χ1) is 14.4. The highest BCUT2D eigenvalue weighted by atomic mass is 32.2. The van der Waals surface area contributed by atoms with Crippen molar-refractivity contribution in [2.45, 2.75) is 17.4 Å². The van der Waals surface area contributed by atoms with Crippen LogP contribution in [-0.2, 0) is 14.3 Å². The van der Waals surface area contributed by atoms with Gasteiger partial charge in [-0.3, -0.25) is 19.7 Å². The Morgan fingerprint density at radius 2 is 2.07 bits per heavy atom. The number of thioether (sulfide) groups is 1. The van der Waals surface area contributed by atoms with Crippen molar-refractivity contribution < 1.29 is 24.0 Å². The van der Waals surface area contributed by atoms with Crippen LogP contribution in [0.1, 0.15) is 6.92 Å². The zero-order valence-corrected chi connectivity index (χ0v) is 17.6. The fourth-order valence-electron chi connectivity index (χ4n) is 2.45. The van der Waals surface area contributed by atoms with Crippen LogP contribution in [0.15, 0.2) is 46.8 Å². The minimum Gasteiger partial charge on any atom is -0.496 e. The van der Waals surface area contributed by atoms with E-state index >= 15 is 0 Å². The van der Waals surface area contributed by atoms with Crippen molar-refractivity contribution >= 4 is 56.6 Å². The Balaban J connectivity index is 1.56. The second-order valence-corrected chi connectivity index (χ2v) is 8.25. The number of hydrogen-bond acceptors (Lipinski definition) is 9. The number of aromatic nitrogens is 1. The SMILES string of the molecule is COc1ccc(NC(=O)C(C)OC(=O)CSc2nc3ccccc3s2)c([N+](=O)[O-])c1. The van der Waals surface area contributed by atoms with E-state index < -0.39 is 22.9 Å². The monoisotopic (exact) mass is 447 g/mol. The Labute approximate surface area is 179 Å². The van der Waals surface area contributed by atoms with E-state index in [0.717, 1.165) is 14.6 Å². The Morgan fingerprint density at radius 1 is 1.30 bits per heavy atom. The van der Waals surface area contributed by atoms with Gasteiger partial charge in [-0.1, -0.05) is 23.9 Å². The van der Waals surface area contributed by atoms with E-state index in [1.165, 1.54) is 55.3 Å². The number of esters is 1. The molecular formula is C19H17N3O6S2. The zero-order valence-electron chi connectivity index (χ0n) is 16.0. The maximum Gasteiger partial charge on any atom is 0.317 e. The fourth-order valence-corrected chi connectivity index (χ4v) is 4.30. The van der Waals surface area contributed by atoms with Gasteiger partial charge in [-0.2, -0.15) is 0 Å². The first-order valence-corrected chi connectivity index (χ1v) is 10.5. The molecule has 3 rings (SSSR count). The number of para-hydroxylation sites is 1. The van der Waals surface area contributed by atoms with Gasteiger partial charge in [-0.25, -0.2) is 4.98 Å². The van der Waals surface area contributed by atoms with E-state index in [0.29, 0.717) is 0 Å². The van der Waals surface area contributed by atoms with Crippen molar-refractivity contribution in [1.82, 2.24) is 4.98 Å².